The highest BCUT2D eigenvalue weighted by Crippen LogP contribution is 2.37. The molecule has 4 fully saturated rings. The van der Waals surface area contributed by atoms with Gasteiger partial charge in [-0.2, -0.15) is 0 Å². The van der Waals surface area contributed by atoms with Crippen molar-refractivity contribution in [2.75, 3.05) is 0 Å². The van der Waals surface area contributed by atoms with Gasteiger partial charge in [-0.25, -0.2) is 9.97 Å². The molecule has 4 aliphatic carbocycles. The number of hydrogen-bond donors (Lipinski definition) is 0. The maximum Gasteiger partial charge on any atom is 0.0894 e. The Balaban J connectivity index is 1.16. The number of hydrogen-bond acceptors (Lipinski definition) is 6. The molecule has 4 aliphatic rings. The fraction of sp³-hybridized carbons (Fsp3) is 0.429. The Morgan fingerprint density at radius 2 is 0.516 bits per heavy atom. The third kappa shape index (κ3) is 10.5. The van der Waals surface area contributed by atoms with Gasteiger partial charge in [-0.15, -0.1) is 0 Å². The van der Waals surface area contributed by atoms with Gasteiger partial charge in [0, 0.05) is 48.5 Å². The Bertz CT molecular complexity index is 2040. The Hall–Kier alpha value is -5.36. The summed E-state index contributed by atoms with van der Waals surface area (Å²) >= 11 is 0. The lowest BCUT2D eigenvalue weighted by Gasteiger charge is -2.22. The number of rotatable bonds is 12. The van der Waals surface area contributed by atoms with Crippen molar-refractivity contribution in [3.63, 3.8) is 0 Å². The molecule has 0 bridgehead atoms. The predicted octanol–water partition coefficient (Wildman–Crippen LogP) is 14.9. The molecule has 9 rings (SSSR count). The molecule has 0 aromatic carbocycles. The first-order chi connectivity index (χ1) is 30.8. The minimum atomic E-state index is 0.494. The molecule has 0 amide bonds. The van der Waals surface area contributed by atoms with Crippen LogP contribution in [0.3, 0.4) is 0 Å². The lowest BCUT2D eigenvalue weighted by atomic mass is 9.85. The quantitative estimate of drug-likeness (QED) is 0.125. The van der Waals surface area contributed by atoms with Crippen LogP contribution in [0, 0.1) is 0 Å². The Kier molecular flexibility index (Phi) is 14.3. The van der Waals surface area contributed by atoms with Gasteiger partial charge in [0.25, 0.3) is 0 Å². The first-order valence-corrected chi connectivity index (χ1v) is 24.2. The number of nitrogens with zero attached hydrogens (tertiary/aromatic N) is 6. The van der Waals surface area contributed by atoms with E-state index in [0.29, 0.717) is 23.7 Å². The van der Waals surface area contributed by atoms with Gasteiger partial charge in [-0.05, 0) is 122 Å². The van der Waals surface area contributed by atoms with E-state index in [-0.39, 0.29) is 0 Å². The molecule has 318 valence electrons. The minimum absolute atomic E-state index is 0.494. The van der Waals surface area contributed by atoms with E-state index in [9.17, 15) is 0 Å². The Morgan fingerprint density at radius 1 is 0.290 bits per heavy atom. The van der Waals surface area contributed by atoms with Crippen LogP contribution in [0.5, 0.6) is 0 Å². The summed E-state index contributed by atoms with van der Waals surface area (Å²) in [6.45, 7) is 0. The summed E-state index contributed by atoms with van der Waals surface area (Å²) in [6.07, 6.45) is 50.5. The first kappa shape index (κ1) is 42.0. The summed E-state index contributed by atoms with van der Waals surface area (Å²) in [5.41, 5.74) is 12.8. The highest BCUT2D eigenvalue weighted by molar-refractivity contribution is 5.82. The van der Waals surface area contributed by atoms with E-state index in [0.717, 1.165) is 22.8 Å². The first-order valence-electron chi connectivity index (χ1n) is 24.2. The molecule has 5 aromatic heterocycles. The Labute approximate surface area is 370 Å². The fourth-order valence-corrected chi connectivity index (χ4v) is 10.8. The van der Waals surface area contributed by atoms with Crippen LogP contribution in [0.2, 0.25) is 0 Å². The van der Waals surface area contributed by atoms with E-state index in [1.165, 1.54) is 173 Å². The Morgan fingerprint density at radius 3 is 0.742 bits per heavy atom. The van der Waals surface area contributed by atoms with Crippen molar-refractivity contribution in [2.45, 2.75) is 152 Å². The summed E-state index contributed by atoms with van der Waals surface area (Å²) in [5.74, 6) is 1.98. The van der Waals surface area contributed by atoms with E-state index >= 15 is 0 Å². The predicted molar refractivity (Wildman–Crippen MR) is 258 cm³/mol. The van der Waals surface area contributed by atoms with Crippen LogP contribution in [0.4, 0.5) is 0 Å². The van der Waals surface area contributed by atoms with Gasteiger partial charge in [-0.3, -0.25) is 19.9 Å². The van der Waals surface area contributed by atoms with Gasteiger partial charge in [0.1, 0.15) is 0 Å². The zero-order valence-electron chi connectivity index (χ0n) is 36.7. The van der Waals surface area contributed by atoms with E-state index in [1.807, 2.05) is 24.8 Å². The molecule has 0 aliphatic heterocycles. The molecule has 0 N–H and O–H groups in total. The van der Waals surface area contributed by atoms with E-state index in [2.05, 4.69) is 97.1 Å². The molecule has 4 saturated carbocycles. The second-order valence-electron chi connectivity index (χ2n) is 18.3. The van der Waals surface area contributed by atoms with E-state index < -0.39 is 0 Å². The summed E-state index contributed by atoms with van der Waals surface area (Å²) in [4.78, 5) is 30.9. The molecule has 62 heavy (non-hydrogen) atoms. The maximum atomic E-state index is 5.53. The van der Waals surface area contributed by atoms with E-state index in [1.54, 1.807) is 0 Å². The zero-order chi connectivity index (χ0) is 41.8. The van der Waals surface area contributed by atoms with Crippen LogP contribution < -0.4 is 0 Å². The molecule has 0 saturated heterocycles. The summed E-state index contributed by atoms with van der Waals surface area (Å²) in [6, 6.07) is 17.1. The molecule has 0 spiro atoms. The number of aromatic nitrogens is 6. The SMILES string of the molecule is C(=Cc1nc(C=Cc2cccnc2C2CCCCC2)c(C=Cc2cccnc2C2CCCCC2)nc1C=Cc1cccnc1C1CCCCC1)c1cccnc1C1CCCCC1. The topological polar surface area (TPSA) is 77.3 Å². The zero-order valence-corrected chi connectivity index (χ0v) is 36.7. The van der Waals surface area contributed by atoms with Crippen molar-refractivity contribution in [1.29, 1.82) is 0 Å². The lowest BCUT2D eigenvalue weighted by Crippen LogP contribution is -2.08. The van der Waals surface area contributed by atoms with Crippen LogP contribution in [0.25, 0.3) is 48.6 Å². The second-order valence-corrected chi connectivity index (χ2v) is 18.3. The largest absolute Gasteiger partial charge is 0.260 e. The molecule has 0 radical (unpaired) electrons. The van der Waals surface area contributed by atoms with Gasteiger partial charge in [0.15, 0.2) is 0 Å². The lowest BCUT2D eigenvalue weighted by molar-refractivity contribution is 0.436. The fourth-order valence-electron chi connectivity index (χ4n) is 10.8. The maximum absolute atomic E-state index is 5.53. The van der Waals surface area contributed by atoms with Gasteiger partial charge in [0.2, 0.25) is 0 Å². The molecular formula is C56H64N6. The highest BCUT2D eigenvalue weighted by atomic mass is 14.8. The molecule has 5 heterocycles. The second kappa shape index (κ2) is 21.1. The molecule has 6 heteroatoms. The molecule has 0 unspecified atom stereocenters. The van der Waals surface area contributed by atoms with Crippen LogP contribution in [-0.4, -0.2) is 29.9 Å². The van der Waals surface area contributed by atoms with Crippen molar-refractivity contribution in [3.05, 3.63) is 141 Å². The van der Waals surface area contributed by atoms with Gasteiger partial charge in [0.05, 0.1) is 45.6 Å². The van der Waals surface area contributed by atoms with Gasteiger partial charge >= 0.3 is 0 Å². The standard InChI is InChI=1S/C56H64N6/c1-5-17-41(18-6-1)53-45(25-13-37-57-53)29-33-49-50(34-30-46-26-14-38-58-54(46)42-19-7-2-8-20-42)62-52(36-32-48-28-16-40-60-56(48)44-23-11-4-12-24-44)51(61-49)35-31-47-27-15-39-59-55(47)43-21-9-3-10-22-43/h13-16,25-44H,1-12,17-24H2. The van der Waals surface area contributed by atoms with E-state index in [4.69, 9.17) is 29.9 Å². The smallest absolute Gasteiger partial charge is 0.0894 e. The van der Waals surface area contributed by atoms with Crippen molar-refractivity contribution >= 4 is 48.6 Å². The van der Waals surface area contributed by atoms with Crippen molar-refractivity contribution < 1.29 is 0 Å². The minimum Gasteiger partial charge on any atom is -0.260 e. The van der Waals surface area contributed by atoms with Crippen LogP contribution >= 0.6 is 0 Å². The molecule has 0 atom stereocenters. The van der Waals surface area contributed by atoms with Crippen molar-refractivity contribution in [2.24, 2.45) is 0 Å². The third-order valence-electron chi connectivity index (χ3n) is 14.1. The van der Waals surface area contributed by atoms with Crippen molar-refractivity contribution in [3.8, 4) is 0 Å². The van der Waals surface area contributed by atoms with Crippen LogP contribution in [0.15, 0.2) is 73.3 Å². The molecular weight excluding hydrogens is 757 g/mol. The normalized spacial score (nSPS) is 19.1. The summed E-state index contributed by atoms with van der Waals surface area (Å²) in [7, 11) is 0. The summed E-state index contributed by atoms with van der Waals surface area (Å²) < 4.78 is 0. The number of pyridine rings is 4. The van der Waals surface area contributed by atoms with Gasteiger partial charge in [-0.1, -0.05) is 126 Å². The molecule has 6 nitrogen and oxygen atoms in total. The highest BCUT2D eigenvalue weighted by Gasteiger charge is 2.23. The van der Waals surface area contributed by atoms with Crippen LogP contribution in [0.1, 0.15) is 220 Å². The van der Waals surface area contributed by atoms with Crippen LogP contribution in [-0.2, 0) is 0 Å². The average molecular weight is 821 g/mol. The summed E-state index contributed by atoms with van der Waals surface area (Å²) in [5, 5.41) is 0. The van der Waals surface area contributed by atoms with Gasteiger partial charge < -0.3 is 0 Å². The monoisotopic (exact) mass is 821 g/mol. The molecule has 5 aromatic rings. The third-order valence-corrected chi connectivity index (χ3v) is 14.1. The average Bonchev–Trinajstić information content (AvgIpc) is 3.35. The van der Waals surface area contributed by atoms with Crippen molar-refractivity contribution in [1.82, 2.24) is 29.9 Å².